The molecule has 0 atom stereocenters. The quantitative estimate of drug-likeness (QED) is 0.648. The smallest absolute Gasteiger partial charge is 0.135 e. The first-order valence-corrected chi connectivity index (χ1v) is 3.42. The van der Waals surface area contributed by atoms with E-state index in [0.717, 1.165) is 11.4 Å². The van der Waals surface area contributed by atoms with E-state index < -0.39 is 0 Å². The van der Waals surface area contributed by atoms with Gasteiger partial charge in [-0.05, 0) is 0 Å². The lowest BCUT2D eigenvalue weighted by Gasteiger charge is -2.13. The van der Waals surface area contributed by atoms with Crippen molar-refractivity contribution in [1.29, 1.82) is 0 Å². The molecule has 0 aliphatic heterocycles. The van der Waals surface area contributed by atoms with Gasteiger partial charge >= 0.3 is 0 Å². The molecule has 60 valence electrons. The molecule has 4 nitrogen and oxygen atoms in total. The Labute approximate surface area is 66.1 Å². The molecule has 0 spiro atoms. The maximum absolute atomic E-state index is 5.48. The minimum absolute atomic E-state index is 0.481. The Morgan fingerprint density at radius 2 is 2.27 bits per heavy atom. The third kappa shape index (κ3) is 1.65. The molecule has 4 heteroatoms. The zero-order valence-corrected chi connectivity index (χ0v) is 6.78. The summed E-state index contributed by atoms with van der Waals surface area (Å²) in [6, 6.07) is 0. The van der Waals surface area contributed by atoms with E-state index in [1.807, 2.05) is 19.0 Å². The fraction of sp³-hybridized carbons (Fsp3) is 0.429. The summed E-state index contributed by atoms with van der Waals surface area (Å²) < 4.78 is 0. The summed E-state index contributed by atoms with van der Waals surface area (Å²) >= 11 is 0. The maximum Gasteiger partial charge on any atom is 0.135 e. The topological polar surface area (TPSA) is 55.0 Å². The average Bonchev–Trinajstić information content (AvgIpc) is 2.04. The summed E-state index contributed by atoms with van der Waals surface area (Å²) in [4.78, 5) is 9.89. The number of hydrogen-bond donors (Lipinski definition) is 1. The molecule has 0 radical (unpaired) electrons. The Morgan fingerprint density at radius 1 is 1.55 bits per heavy atom. The lowest BCUT2D eigenvalue weighted by molar-refractivity contribution is 0.956. The third-order valence-electron chi connectivity index (χ3n) is 1.41. The van der Waals surface area contributed by atoms with Crippen molar-refractivity contribution in [2.75, 3.05) is 19.0 Å². The molecule has 0 amide bonds. The van der Waals surface area contributed by atoms with Gasteiger partial charge in [-0.2, -0.15) is 0 Å². The van der Waals surface area contributed by atoms with E-state index in [-0.39, 0.29) is 0 Å². The predicted molar refractivity (Wildman–Crippen MR) is 44.3 cm³/mol. The van der Waals surface area contributed by atoms with E-state index in [1.165, 1.54) is 6.33 Å². The van der Waals surface area contributed by atoms with Gasteiger partial charge in [0.2, 0.25) is 0 Å². The SMILES string of the molecule is CN(C)c1ncncc1CN. The van der Waals surface area contributed by atoms with E-state index in [1.54, 1.807) is 6.20 Å². The summed E-state index contributed by atoms with van der Waals surface area (Å²) in [6.45, 7) is 0.481. The highest BCUT2D eigenvalue weighted by Crippen LogP contribution is 2.10. The predicted octanol–water partition coefficient (Wildman–Crippen LogP) is 0.00130. The van der Waals surface area contributed by atoms with Gasteiger partial charge in [0.05, 0.1) is 0 Å². The van der Waals surface area contributed by atoms with Gasteiger partial charge in [0.25, 0.3) is 0 Å². The lowest BCUT2D eigenvalue weighted by atomic mass is 10.3. The zero-order valence-electron chi connectivity index (χ0n) is 6.78. The van der Waals surface area contributed by atoms with Gasteiger partial charge in [0.15, 0.2) is 0 Å². The van der Waals surface area contributed by atoms with Crippen LogP contribution in [0, 0.1) is 0 Å². The molecule has 2 N–H and O–H groups in total. The van der Waals surface area contributed by atoms with E-state index in [2.05, 4.69) is 9.97 Å². The van der Waals surface area contributed by atoms with Crippen molar-refractivity contribution < 1.29 is 0 Å². The first-order valence-electron chi connectivity index (χ1n) is 3.42. The van der Waals surface area contributed by atoms with Crippen LogP contribution < -0.4 is 10.6 Å². The van der Waals surface area contributed by atoms with Gasteiger partial charge in [-0.15, -0.1) is 0 Å². The molecule has 1 aromatic rings. The Morgan fingerprint density at radius 3 is 2.73 bits per heavy atom. The minimum Gasteiger partial charge on any atom is -0.362 e. The largest absolute Gasteiger partial charge is 0.362 e. The summed E-state index contributed by atoms with van der Waals surface area (Å²) in [5.41, 5.74) is 6.45. The number of aromatic nitrogens is 2. The monoisotopic (exact) mass is 152 g/mol. The second-order valence-electron chi connectivity index (χ2n) is 2.47. The van der Waals surface area contributed by atoms with Crippen molar-refractivity contribution in [2.45, 2.75) is 6.54 Å². The summed E-state index contributed by atoms with van der Waals surface area (Å²) in [6.07, 6.45) is 3.26. The number of nitrogens with zero attached hydrogens (tertiary/aromatic N) is 3. The van der Waals surface area contributed by atoms with Crippen LogP contribution in [0.3, 0.4) is 0 Å². The van der Waals surface area contributed by atoms with E-state index in [9.17, 15) is 0 Å². The molecule has 0 aliphatic rings. The second-order valence-corrected chi connectivity index (χ2v) is 2.47. The van der Waals surface area contributed by atoms with Crippen LogP contribution in [-0.2, 0) is 6.54 Å². The molecule has 0 bridgehead atoms. The van der Waals surface area contributed by atoms with Gasteiger partial charge in [-0.25, -0.2) is 9.97 Å². The average molecular weight is 152 g/mol. The minimum atomic E-state index is 0.481. The molecule has 0 aliphatic carbocycles. The Kier molecular flexibility index (Phi) is 2.38. The van der Waals surface area contributed by atoms with E-state index >= 15 is 0 Å². The van der Waals surface area contributed by atoms with Crippen molar-refractivity contribution in [3.63, 3.8) is 0 Å². The van der Waals surface area contributed by atoms with Crippen LogP contribution >= 0.6 is 0 Å². The molecule has 1 heterocycles. The molecule has 0 aromatic carbocycles. The number of anilines is 1. The summed E-state index contributed by atoms with van der Waals surface area (Å²) in [7, 11) is 3.86. The number of hydrogen-bond acceptors (Lipinski definition) is 4. The highest BCUT2D eigenvalue weighted by molar-refractivity contribution is 5.43. The molecule has 0 unspecified atom stereocenters. The van der Waals surface area contributed by atoms with Crippen LogP contribution in [0.25, 0.3) is 0 Å². The maximum atomic E-state index is 5.48. The van der Waals surface area contributed by atoms with Gasteiger partial charge < -0.3 is 10.6 Å². The van der Waals surface area contributed by atoms with E-state index in [0.29, 0.717) is 6.54 Å². The second kappa shape index (κ2) is 3.30. The fourth-order valence-electron chi connectivity index (χ4n) is 0.899. The highest BCUT2D eigenvalue weighted by atomic mass is 15.1. The number of rotatable bonds is 2. The summed E-state index contributed by atoms with van der Waals surface area (Å²) in [5.74, 6) is 0.891. The van der Waals surface area contributed by atoms with Crippen molar-refractivity contribution in [2.24, 2.45) is 5.73 Å². The zero-order chi connectivity index (χ0) is 8.27. The molecule has 0 fully saturated rings. The van der Waals surface area contributed by atoms with Gasteiger partial charge in [0.1, 0.15) is 12.1 Å². The van der Waals surface area contributed by atoms with Crippen molar-refractivity contribution in [3.8, 4) is 0 Å². The van der Waals surface area contributed by atoms with E-state index in [4.69, 9.17) is 5.73 Å². The Hall–Kier alpha value is -1.16. The fourth-order valence-corrected chi connectivity index (χ4v) is 0.899. The molecule has 1 aromatic heterocycles. The molecule has 0 saturated carbocycles. The van der Waals surface area contributed by atoms with Crippen LogP contribution in [0.15, 0.2) is 12.5 Å². The first-order chi connectivity index (χ1) is 5.25. The molecule has 1 rings (SSSR count). The van der Waals surface area contributed by atoms with Crippen LogP contribution in [0.4, 0.5) is 5.82 Å². The standard InChI is InChI=1S/C7H12N4/c1-11(2)7-6(3-8)4-9-5-10-7/h4-5H,3,8H2,1-2H3. The Bertz CT molecular complexity index is 234. The van der Waals surface area contributed by atoms with Crippen molar-refractivity contribution in [1.82, 2.24) is 9.97 Å². The van der Waals surface area contributed by atoms with Gasteiger partial charge in [0, 0.05) is 32.4 Å². The van der Waals surface area contributed by atoms with Crippen LogP contribution in [0.2, 0.25) is 0 Å². The normalized spacial score (nSPS) is 9.73. The van der Waals surface area contributed by atoms with Crippen LogP contribution in [0.5, 0.6) is 0 Å². The molecule has 0 saturated heterocycles. The van der Waals surface area contributed by atoms with Crippen molar-refractivity contribution >= 4 is 5.82 Å². The van der Waals surface area contributed by atoms with Crippen LogP contribution in [-0.4, -0.2) is 24.1 Å². The van der Waals surface area contributed by atoms with Crippen molar-refractivity contribution in [3.05, 3.63) is 18.1 Å². The molecular formula is C7H12N4. The third-order valence-corrected chi connectivity index (χ3v) is 1.41. The lowest BCUT2D eigenvalue weighted by Crippen LogP contribution is -2.15. The van der Waals surface area contributed by atoms with Gasteiger partial charge in [-0.3, -0.25) is 0 Å². The highest BCUT2D eigenvalue weighted by Gasteiger charge is 2.02. The number of nitrogens with two attached hydrogens (primary N) is 1. The Balaban J connectivity index is 3.02. The molecular weight excluding hydrogens is 140 g/mol. The molecule has 11 heavy (non-hydrogen) atoms. The van der Waals surface area contributed by atoms with Crippen LogP contribution in [0.1, 0.15) is 5.56 Å². The van der Waals surface area contributed by atoms with Gasteiger partial charge in [-0.1, -0.05) is 0 Å². The summed E-state index contributed by atoms with van der Waals surface area (Å²) in [5, 5.41) is 0. The first kappa shape index (κ1) is 7.94.